The molecule has 1 aromatic heterocycles. The third kappa shape index (κ3) is 4.07. The first-order valence-corrected chi connectivity index (χ1v) is 8.38. The lowest BCUT2D eigenvalue weighted by Crippen LogP contribution is -2.26. The normalized spacial score (nSPS) is 13.3. The molecule has 0 bridgehead atoms. The lowest BCUT2D eigenvalue weighted by atomic mass is 10.1. The SMILES string of the molecule is CNCc1cc(S(=O)(=O)NC(C)c2cccc(Cl)c2)c[nH]1. The number of benzene rings is 1. The number of aromatic nitrogens is 1. The van der Waals surface area contributed by atoms with Gasteiger partial charge < -0.3 is 10.3 Å². The van der Waals surface area contributed by atoms with Crippen LogP contribution in [0.1, 0.15) is 24.2 Å². The minimum absolute atomic E-state index is 0.224. The Balaban J connectivity index is 2.16. The molecule has 1 aromatic carbocycles. The van der Waals surface area contributed by atoms with Crippen LogP contribution >= 0.6 is 11.6 Å². The van der Waals surface area contributed by atoms with E-state index in [0.29, 0.717) is 11.6 Å². The van der Waals surface area contributed by atoms with Crippen LogP contribution in [0.15, 0.2) is 41.4 Å². The van der Waals surface area contributed by atoms with E-state index < -0.39 is 10.0 Å². The summed E-state index contributed by atoms with van der Waals surface area (Å²) in [7, 11) is -1.77. The molecule has 3 N–H and O–H groups in total. The Labute approximate surface area is 129 Å². The van der Waals surface area contributed by atoms with Gasteiger partial charge >= 0.3 is 0 Å². The van der Waals surface area contributed by atoms with E-state index in [0.717, 1.165) is 11.3 Å². The topological polar surface area (TPSA) is 74.0 Å². The number of sulfonamides is 1. The average molecular weight is 328 g/mol. The number of nitrogens with one attached hydrogen (secondary N) is 3. The van der Waals surface area contributed by atoms with Crippen molar-refractivity contribution in [2.24, 2.45) is 0 Å². The fourth-order valence-electron chi connectivity index (χ4n) is 2.01. The van der Waals surface area contributed by atoms with Gasteiger partial charge in [-0.3, -0.25) is 0 Å². The molecule has 0 saturated carbocycles. The largest absolute Gasteiger partial charge is 0.363 e. The van der Waals surface area contributed by atoms with Crippen molar-refractivity contribution in [3.8, 4) is 0 Å². The quantitative estimate of drug-likeness (QED) is 0.763. The van der Waals surface area contributed by atoms with Gasteiger partial charge in [-0.25, -0.2) is 13.1 Å². The molecular formula is C14H18ClN3O2S. The van der Waals surface area contributed by atoms with Crippen LogP contribution in [0.25, 0.3) is 0 Å². The molecule has 0 aliphatic rings. The fraction of sp³-hybridized carbons (Fsp3) is 0.286. The number of hydrogen-bond acceptors (Lipinski definition) is 3. The molecule has 1 unspecified atom stereocenters. The molecule has 0 aliphatic carbocycles. The van der Waals surface area contributed by atoms with Gasteiger partial charge in [0, 0.05) is 29.5 Å². The van der Waals surface area contributed by atoms with Gasteiger partial charge in [-0.05, 0) is 37.7 Å². The van der Waals surface area contributed by atoms with Gasteiger partial charge in [0.05, 0.1) is 4.90 Å². The van der Waals surface area contributed by atoms with E-state index in [1.807, 2.05) is 6.07 Å². The second-order valence-electron chi connectivity index (χ2n) is 4.79. The molecule has 0 amide bonds. The van der Waals surface area contributed by atoms with Gasteiger partial charge in [0.1, 0.15) is 0 Å². The highest BCUT2D eigenvalue weighted by atomic mass is 35.5. The smallest absolute Gasteiger partial charge is 0.242 e. The zero-order valence-electron chi connectivity index (χ0n) is 11.9. The molecule has 114 valence electrons. The van der Waals surface area contributed by atoms with Gasteiger partial charge in [0.15, 0.2) is 0 Å². The molecule has 0 aliphatic heterocycles. The van der Waals surface area contributed by atoms with Crippen LogP contribution in [0.4, 0.5) is 0 Å². The summed E-state index contributed by atoms with van der Waals surface area (Å²) in [6.45, 7) is 2.36. The second kappa shape index (κ2) is 6.62. The Hall–Kier alpha value is -1.34. The fourth-order valence-corrected chi connectivity index (χ4v) is 3.46. The first-order chi connectivity index (χ1) is 9.92. The summed E-state index contributed by atoms with van der Waals surface area (Å²) >= 11 is 5.93. The predicted molar refractivity (Wildman–Crippen MR) is 83.7 cm³/mol. The summed E-state index contributed by atoms with van der Waals surface area (Å²) in [4.78, 5) is 3.16. The number of halogens is 1. The van der Waals surface area contributed by atoms with Crippen molar-refractivity contribution in [2.45, 2.75) is 24.4 Å². The highest BCUT2D eigenvalue weighted by Crippen LogP contribution is 2.20. The van der Waals surface area contributed by atoms with Gasteiger partial charge in [-0.15, -0.1) is 0 Å². The number of hydrogen-bond donors (Lipinski definition) is 3. The summed E-state index contributed by atoms with van der Waals surface area (Å²) in [5.74, 6) is 0. The van der Waals surface area contributed by atoms with E-state index in [-0.39, 0.29) is 10.9 Å². The molecule has 7 heteroatoms. The Bertz CT molecular complexity index is 713. The van der Waals surface area contributed by atoms with E-state index in [2.05, 4.69) is 15.0 Å². The summed E-state index contributed by atoms with van der Waals surface area (Å²) in [6, 6.07) is 8.38. The van der Waals surface area contributed by atoms with Crippen LogP contribution in [0, 0.1) is 0 Å². The zero-order valence-corrected chi connectivity index (χ0v) is 13.4. The Kier molecular flexibility index (Phi) is 5.05. The third-order valence-electron chi connectivity index (χ3n) is 3.07. The predicted octanol–water partition coefficient (Wildman–Crippen LogP) is 2.43. The van der Waals surface area contributed by atoms with Crippen molar-refractivity contribution in [1.82, 2.24) is 15.0 Å². The van der Waals surface area contributed by atoms with Crippen LogP contribution in [-0.2, 0) is 16.6 Å². The molecule has 21 heavy (non-hydrogen) atoms. The number of aromatic amines is 1. The molecule has 0 spiro atoms. The third-order valence-corrected chi connectivity index (χ3v) is 4.83. The van der Waals surface area contributed by atoms with E-state index in [9.17, 15) is 8.42 Å². The van der Waals surface area contributed by atoms with E-state index in [1.54, 1.807) is 38.2 Å². The summed E-state index contributed by atoms with van der Waals surface area (Å²) in [6.07, 6.45) is 1.49. The maximum atomic E-state index is 12.3. The van der Waals surface area contributed by atoms with Gasteiger partial charge in [-0.1, -0.05) is 23.7 Å². The molecule has 2 aromatic rings. The van der Waals surface area contributed by atoms with Crippen molar-refractivity contribution in [2.75, 3.05) is 7.05 Å². The summed E-state index contributed by atoms with van der Waals surface area (Å²) in [5, 5.41) is 3.54. The highest BCUT2D eigenvalue weighted by molar-refractivity contribution is 7.89. The van der Waals surface area contributed by atoms with Crippen molar-refractivity contribution < 1.29 is 8.42 Å². The number of rotatable bonds is 6. The van der Waals surface area contributed by atoms with Crippen LogP contribution in [0.2, 0.25) is 5.02 Å². The molecule has 1 heterocycles. The first kappa shape index (κ1) is 16.0. The lowest BCUT2D eigenvalue weighted by Gasteiger charge is -2.14. The summed E-state index contributed by atoms with van der Waals surface area (Å²) < 4.78 is 27.3. The maximum absolute atomic E-state index is 12.3. The molecule has 5 nitrogen and oxygen atoms in total. The van der Waals surface area contributed by atoms with Crippen molar-refractivity contribution in [1.29, 1.82) is 0 Å². The first-order valence-electron chi connectivity index (χ1n) is 6.52. The Morgan fingerprint density at radius 1 is 1.33 bits per heavy atom. The molecule has 0 radical (unpaired) electrons. The molecule has 1 atom stereocenters. The lowest BCUT2D eigenvalue weighted by molar-refractivity contribution is 0.567. The van der Waals surface area contributed by atoms with Crippen LogP contribution < -0.4 is 10.0 Å². The van der Waals surface area contributed by atoms with Crippen molar-refractivity contribution >= 4 is 21.6 Å². The minimum atomic E-state index is -3.57. The van der Waals surface area contributed by atoms with Crippen molar-refractivity contribution in [3.05, 3.63) is 52.8 Å². The molecule has 2 rings (SSSR count). The monoisotopic (exact) mass is 327 g/mol. The van der Waals surface area contributed by atoms with E-state index >= 15 is 0 Å². The minimum Gasteiger partial charge on any atom is -0.363 e. The molecule has 0 fully saturated rings. The average Bonchev–Trinajstić information content (AvgIpc) is 2.88. The van der Waals surface area contributed by atoms with Gasteiger partial charge in [0.25, 0.3) is 0 Å². The Morgan fingerprint density at radius 2 is 2.10 bits per heavy atom. The van der Waals surface area contributed by atoms with E-state index in [4.69, 9.17) is 11.6 Å². The number of H-pyrrole nitrogens is 1. The second-order valence-corrected chi connectivity index (χ2v) is 6.94. The Morgan fingerprint density at radius 3 is 2.76 bits per heavy atom. The van der Waals surface area contributed by atoms with Crippen LogP contribution in [-0.4, -0.2) is 20.4 Å². The molecule has 0 saturated heterocycles. The van der Waals surface area contributed by atoms with Gasteiger partial charge in [0.2, 0.25) is 10.0 Å². The van der Waals surface area contributed by atoms with Crippen LogP contribution in [0.3, 0.4) is 0 Å². The zero-order chi connectivity index (χ0) is 15.5. The van der Waals surface area contributed by atoms with Crippen molar-refractivity contribution in [3.63, 3.8) is 0 Å². The van der Waals surface area contributed by atoms with Crippen LogP contribution in [0.5, 0.6) is 0 Å². The molecular weight excluding hydrogens is 310 g/mol. The van der Waals surface area contributed by atoms with Gasteiger partial charge in [-0.2, -0.15) is 0 Å². The standard InChI is InChI=1S/C14H18ClN3O2S/c1-10(11-4-3-5-12(15)6-11)18-21(19,20)14-7-13(8-16-2)17-9-14/h3-7,9-10,16-18H,8H2,1-2H3. The highest BCUT2D eigenvalue weighted by Gasteiger charge is 2.19. The van der Waals surface area contributed by atoms with E-state index in [1.165, 1.54) is 6.20 Å². The summed E-state index contributed by atoms with van der Waals surface area (Å²) in [5.41, 5.74) is 1.63. The maximum Gasteiger partial charge on any atom is 0.242 e.